The van der Waals surface area contributed by atoms with Gasteiger partial charge in [0, 0.05) is 44.0 Å². The lowest BCUT2D eigenvalue weighted by molar-refractivity contribution is 0.0766. The van der Waals surface area contributed by atoms with Crippen molar-refractivity contribution in [1.29, 1.82) is 0 Å². The minimum Gasteiger partial charge on any atom is -0.378 e. The zero-order valence-corrected chi connectivity index (χ0v) is 16.2. The van der Waals surface area contributed by atoms with Gasteiger partial charge in [0.15, 0.2) is 9.84 Å². The van der Waals surface area contributed by atoms with Crippen LogP contribution < -0.4 is 4.90 Å². The van der Waals surface area contributed by atoms with Gasteiger partial charge < -0.3 is 9.80 Å². The number of hydrogen-bond donors (Lipinski definition) is 0. The van der Waals surface area contributed by atoms with Gasteiger partial charge in [-0.1, -0.05) is 24.3 Å². The number of carbonyl (C=O) groups is 1. The second kappa shape index (κ2) is 7.68. The maximum absolute atomic E-state index is 14.1. The normalized spacial score (nSPS) is 19.4. The number of sulfone groups is 1. The van der Waals surface area contributed by atoms with Crippen LogP contribution in [0.25, 0.3) is 0 Å². The molecule has 1 aliphatic rings. The van der Waals surface area contributed by atoms with Crippen molar-refractivity contribution in [2.24, 2.45) is 0 Å². The summed E-state index contributed by atoms with van der Waals surface area (Å²) in [6.07, 6.45) is 0.183. The van der Waals surface area contributed by atoms with Crippen LogP contribution in [0.2, 0.25) is 0 Å². The Bertz CT molecular complexity index is 944. The molecule has 7 heteroatoms. The first-order chi connectivity index (χ1) is 12.8. The highest BCUT2D eigenvalue weighted by Gasteiger charge is 2.34. The van der Waals surface area contributed by atoms with E-state index < -0.39 is 20.9 Å². The number of rotatable bonds is 3. The molecule has 0 N–H and O–H groups in total. The van der Waals surface area contributed by atoms with Gasteiger partial charge in [-0.2, -0.15) is 0 Å². The average Bonchev–Trinajstić information content (AvgIpc) is 2.80. The van der Waals surface area contributed by atoms with Crippen molar-refractivity contribution >= 4 is 21.4 Å². The van der Waals surface area contributed by atoms with Gasteiger partial charge in [-0.3, -0.25) is 4.79 Å². The van der Waals surface area contributed by atoms with Crippen molar-refractivity contribution in [3.05, 3.63) is 65.5 Å². The molecule has 1 amide bonds. The second-order valence-corrected chi connectivity index (χ2v) is 9.21. The topological polar surface area (TPSA) is 57.7 Å². The van der Waals surface area contributed by atoms with Crippen LogP contribution in [0.3, 0.4) is 0 Å². The Labute approximate surface area is 159 Å². The van der Waals surface area contributed by atoms with Crippen LogP contribution in [-0.4, -0.2) is 52.2 Å². The number of hydrogen-bond acceptors (Lipinski definition) is 4. The molecule has 144 valence electrons. The lowest BCUT2D eigenvalue weighted by atomic mass is 10.1. The molecule has 1 heterocycles. The Hall–Kier alpha value is -2.41. The fraction of sp³-hybridized carbons (Fsp3) is 0.350. The molecule has 5 nitrogen and oxygen atoms in total. The maximum Gasteiger partial charge on any atom is 0.253 e. The molecular weight excluding hydrogens is 367 g/mol. The molecule has 0 spiro atoms. The molecule has 1 aliphatic heterocycles. The Balaban J connectivity index is 1.84. The van der Waals surface area contributed by atoms with E-state index >= 15 is 0 Å². The summed E-state index contributed by atoms with van der Waals surface area (Å²) >= 11 is 0. The summed E-state index contributed by atoms with van der Waals surface area (Å²) < 4.78 is 39.5. The van der Waals surface area contributed by atoms with E-state index in [9.17, 15) is 17.6 Å². The van der Waals surface area contributed by atoms with Crippen molar-refractivity contribution in [3.8, 4) is 0 Å². The van der Waals surface area contributed by atoms with Crippen LogP contribution >= 0.6 is 0 Å². The van der Waals surface area contributed by atoms with Crippen LogP contribution in [0, 0.1) is 5.82 Å². The molecule has 0 aromatic heterocycles. The van der Waals surface area contributed by atoms with E-state index in [1.165, 1.54) is 18.2 Å². The molecular formula is C20H23FN2O3S. The Kier molecular flexibility index (Phi) is 5.51. The molecule has 27 heavy (non-hydrogen) atoms. The highest BCUT2D eigenvalue weighted by Crippen LogP contribution is 2.31. The molecule has 0 aliphatic carbocycles. The average molecular weight is 390 g/mol. The summed E-state index contributed by atoms with van der Waals surface area (Å²) in [6, 6.07) is 13.2. The van der Waals surface area contributed by atoms with E-state index in [0.717, 1.165) is 5.69 Å². The maximum atomic E-state index is 14.1. The van der Waals surface area contributed by atoms with E-state index in [1.54, 1.807) is 29.2 Å². The minimum absolute atomic E-state index is 0.109. The van der Waals surface area contributed by atoms with E-state index in [4.69, 9.17) is 0 Å². The van der Waals surface area contributed by atoms with Gasteiger partial charge in [-0.25, -0.2) is 12.8 Å². The molecule has 0 saturated carbocycles. The zero-order valence-electron chi connectivity index (χ0n) is 15.4. The monoisotopic (exact) mass is 390 g/mol. The second-order valence-electron chi connectivity index (χ2n) is 6.90. The first-order valence-electron chi connectivity index (χ1n) is 8.82. The number of nitrogens with zero attached hydrogens (tertiary/aromatic N) is 2. The number of carbonyl (C=O) groups excluding carboxylic acids is 1. The third-order valence-corrected chi connectivity index (χ3v) is 7.00. The summed E-state index contributed by atoms with van der Waals surface area (Å²) in [5.74, 6) is -0.905. The van der Waals surface area contributed by atoms with Gasteiger partial charge in [0.05, 0.1) is 11.0 Å². The molecule has 2 aromatic carbocycles. The largest absolute Gasteiger partial charge is 0.378 e. The highest BCUT2D eigenvalue weighted by atomic mass is 32.2. The summed E-state index contributed by atoms with van der Waals surface area (Å²) in [6.45, 7) is 0.377. The van der Waals surface area contributed by atoms with E-state index in [2.05, 4.69) is 0 Å². The van der Waals surface area contributed by atoms with E-state index in [0.29, 0.717) is 5.56 Å². The molecule has 1 fully saturated rings. The predicted octanol–water partition coefficient (Wildman–Crippen LogP) is 2.89. The molecule has 1 unspecified atom stereocenters. The van der Waals surface area contributed by atoms with Crippen LogP contribution in [0.4, 0.5) is 10.1 Å². The van der Waals surface area contributed by atoms with Gasteiger partial charge in [0.1, 0.15) is 5.82 Å². The fourth-order valence-corrected chi connectivity index (χ4v) is 5.13. The smallest absolute Gasteiger partial charge is 0.253 e. The predicted molar refractivity (Wildman–Crippen MR) is 104 cm³/mol. The summed E-state index contributed by atoms with van der Waals surface area (Å²) in [4.78, 5) is 16.3. The van der Waals surface area contributed by atoms with Crippen molar-refractivity contribution in [3.63, 3.8) is 0 Å². The molecule has 1 atom stereocenters. The third-order valence-electron chi connectivity index (χ3n) is 4.89. The first kappa shape index (κ1) is 19.4. The van der Waals surface area contributed by atoms with Gasteiger partial charge in [0.25, 0.3) is 5.91 Å². The van der Waals surface area contributed by atoms with Crippen LogP contribution in [0.5, 0.6) is 0 Å². The van der Waals surface area contributed by atoms with Crippen molar-refractivity contribution in [2.45, 2.75) is 11.7 Å². The van der Waals surface area contributed by atoms with E-state index in [-0.39, 0.29) is 36.7 Å². The van der Waals surface area contributed by atoms with Crippen molar-refractivity contribution in [1.82, 2.24) is 4.90 Å². The standard InChI is InChI=1S/C20H23FN2O3S/c1-22(2)16-7-5-6-15(14-16)20(24)23-11-10-19(27(25,26)13-12-23)17-8-3-4-9-18(17)21/h3-9,14,19H,10-13H2,1-2H3. The quantitative estimate of drug-likeness (QED) is 0.809. The number of benzene rings is 2. The molecule has 2 aromatic rings. The van der Waals surface area contributed by atoms with Gasteiger partial charge in [0.2, 0.25) is 0 Å². The van der Waals surface area contributed by atoms with Crippen LogP contribution in [0.15, 0.2) is 48.5 Å². The summed E-state index contributed by atoms with van der Waals surface area (Å²) in [5, 5.41) is -0.926. The first-order valence-corrected chi connectivity index (χ1v) is 10.5. The molecule has 0 bridgehead atoms. The summed E-state index contributed by atoms with van der Waals surface area (Å²) in [7, 11) is 0.232. The zero-order chi connectivity index (χ0) is 19.6. The molecule has 0 radical (unpaired) electrons. The Morgan fingerprint density at radius 1 is 1.11 bits per heavy atom. The lowest BCUT2D eigenvalue weighted by Crippen LogP contribution is -2.33. The third kappa shape index (κ3) is 4.13. The van der Waals surface area contributed by atoms with Crippen LogP contribution in [0.1, 0.15) is 27.6 Å². The SMILES string of the molecule is CN(C)c1cccc(C(=O)N2CCC(c3ccccc3F)S(=O)(=O)CC2)c1. The Morgan fingerprint density at radius 3 is 2.56 bits per heavy atom. The number of anilines is 1. The van der Waals surface area contributed by atoms with Crippen molar-refractivity contribution in [2.75, 3.05) is 37.8 Å². The van der Waals surface area contributed by atoms with Crippen LogP contribution in [-0.2, 0) is 9.84 Å². The number of halogens is 1. The summed E-state index contributed by atoms with van der Waals surface area (Å²) in [5.41, 5.74) is 1.59. The molecule has 1 saturated heterocycles. The lowest BCUT2D eigenvalue weighted by Gasteiger charge is -2.21. The van der Waals surface area contributed by atoms with Gasteiger partial charge in [-0.15, -0.1) is 0 Å². The Morgan fingerprint density at radius 2 is 1.85 bits per heavy atom. The fourth-order valence-electron chi connectivity index (χ4n) is 3.33. The van der Waals surface area contributed by atoms with Gasteiger partial charge >= 0.3 is 0 Å². The highest BCUT2D eigenvalue weighted by molar-refractivity contribution is 7.91. The minimum atomic E-state index is -3.55. The number of amides is 1. The van der Waals surface area contributed by atoms with E-state index in [1.807, 2.05) is 25.1 Å². The molecule has 3 rings (SSSR count). The van der Waals surface area contributed by atoms with Gasteiger partial charge in [-0.05, 0) is 30.7 Å². The van der Waals surface area contributed by atoms with Crippen molar-refractivity contribution < 1.29 is 17.6 Å².